The van der Waals surface area contributed by atoms with Gasteiger partial charge in [-0.1, -0.05) is 13.0 Å². The van der Waals surface area contributed by atoms with Crippen LogP contribution in [0.25, 0.3) is 0 Å². The molecule has 2 N–H and O–H groups in total. The van der Waals surface area contributed by atoms with Crippen LogP contribution < -0.4 is 10.0 Å². The number of nitrogens with zero attached hydrogens (tertiary/aromatic N) is 1. The third-order valence-corrected chi connectivity index (χ3v) is 5.75. The van der Waals surface area contributed by atoms with Gasteiger partial charge in [-0.2, -0.15) is 0 Å². The SMILES string of the molecule is CC[C@@H](C)NS(=O)(=O)c1ccc(C(=O)Nc2cccc([N+](=O)[O-])c2C)cc1. The fourth-order valence-electron chi connectivity index (χ4n) is 2.35. The second kappa shape index (κ2) is 8.28. The number of nitro benzene ring substituents is 1. The van der Waals surface area contributed by atoms with Crippen LogP contribution >= 0.6 is 0 Å². The molecular weight excluding hydrogens is 370 g/mol. The van der Waals surface area contributed by atoms with Crippen molar-refractivity contribution in [2.45, 2.75) is 38.1 Å². The van der Waals surface area contributed by atoms with Crippen molar-refractivity contribution < 1.29 is 18.1 Å². The van der Waals surface area contributed by atoms with Gasteiger partial charge in [0.1, 0.15) is 0 Å². The molecule has 0 aromatic heterocycles. The molecule has 9 heteroatoms. The fraction of sp³-hybridized carbons (Fsp3) is 0.278. The van der Waals surface area contributed by atoms with E-state index in [1.807, 2.05) is 6.92 Å². The number of anilines is 1. The molecule has 2 aromatic carbocycles. The predicted molar refractivity (Wildman–Crippen MR) is 102 cm³/mol. The van der Waals surface area contributed by atoms with Crippen LogP contribution in [0.4, 0.5) is 11.4 Å². The molecule has 0 saturated heterocycles. The third kappa shape index (κ3) is 4.89. The summed E-state index contributed by atoms with van der Waals surface area (Å²) in [6.07, 6.45) is 0.655. The Morgan fingerprint density at radius 3 is 2.37 bits per heavy atom. The normalized spacial score (nSPS) is 12.4. The highest BCUT2D eigenvalue weighted by Crippen LogP contribution is 2.25. The summed E-state index contributed by atoms with van der Waals surface area (Å²) in [6, 6.07) is 9.69. The molecule has 0 fully saturated rings. The van der Waals surface area contributed by atoms with Gasteiger partial charge in [0.2, 0.25) is 10.0 Å². The van der Waals surface area contributed by atoms with E-state index < -0.39 is 20.9 Å². The lowest BCUT2D eigenvalue weighted by atomic mass is 10.1. The first kappa shape index (κ1) is 20.5. The molecule has 0 aliphatic carbocycles. The van der Waals surface area contributed by atoms with Crippen molar-refractivity contribution >= 4 is 27.3 Å². The van der Waals surface area contributed by atoms with Crippen molar-refractivity contribution in [3.63, 3.8) is 0 Å². The Kier molecular flexibility index (Phi) is 6.29. The zero-order chi connectivity index (χ0) is 20.2. The van der Waals surface area contributed by atoms with E-state index in [9.17, 15) is 23.3 Å². The van der Waals surface area contributed by atoms with Crippen LogP contribution in [0.3, 0.4) is 0 Å². The lowest BCUT2D eigenvalue weighted by molar-refractivity contribution is -0.385. The number of hydrogen-bond donors (Lipinski definition) is 2. The van der Waals surface area contributed by atoms with Crippen molar-refractivity contribution in [2.24, 2.45) is 0 Å². The van der Waals surface area contributed by atoms with E-state index in [1.165, 1.54) is 36.4 Å². The summed E-state index contributed by atoms with van der Waals surface area (Å²) in [5.74, 6) is -0.488. The zero-order valence-corrected chi connectivity index (χ0v) is 16.0. The van der Waals surface area contributed by atoms with E-state index >= 15 is 0 Å². The van der Waals surface area contributed by atoms with Gasteiger partial charge >= 0.3 is 0 Å². The number of amides is 1. The Morgan fingerprint density at radius 2 is 1.81 bits per heavy atom. The third-order valence-electron chi connectivity index (χ3n) is 4.15. The number of carbonyl (C=O) groups is 1. The number of benzene rings is 2. The summed E-state index contributed by atoms with van der Waals surface area (Å²) >= 11 is 0. The van der Waals surface area contributed by atoms with E-state index in [0.717, 1.165) is 0 Å². The summed E-state index contributed by atoms with van der Waals surface area (Å²) in [5, 5.41) is 13.6. The average molecular weight is 391 g/mol. The molecule has 0 aliphatic rings. The highest BCUT2D eigenvalue weighted by molar-refractivity contribution is 7.89. The maximum absolute atomic E-state index is 12.4. The molecule has 2 rings (SSSR count). The molecule has 0 aliphatic heterocycles. The first-order valence-electron chi connectivity index (χ1n) is 8.33. The number of sulfonamides is 1. The topological polar surface area (TPSA) is 118 Å². The molecule has 0 bridgehead atoms. The van der Waals surface area contributed by atoms with E-state index in [2.05, 4.69) is 10.0 Å². The van der Waals surface area contributed by atoms with E-state index in [-0.39, 0.29) is 22.2 Å². The largest absolute Gasteiger partial charge is 0.321 e. The molecule has 144 valence electrons. The molecule has 2 aromatic rings. The monoisotopic (exact) mass is 391 g/mol. The summed E-state index contributed by atoms with van der Waals surface area (Å²) in [7, 11) is -3.65. The molecule has 1 atom stereocenters. The van der Waals surface area contributed by atoms with Gasteiger partial charge in [0.15, 0.2) is 0 Å². The highest BCUT2D eigenvalue weighted by Gasteiger charge is 2.18. The van der Waals surface area contributed by atoms with Gasteiger partial charge in [-0.15, -0.1) is 0 Å². The lowest BCUT2D eigenvalue weighted by Gasteiger charge is -2.12. The summed E-state index contributed by atoms with van der Waals surface area (Å²) in [6.45, 7) is 5.18. The smallest absolute Gasteiger partial charge is 0.274 e. The van der Waals surface area contributed by atoms with Gasteiger partial charge in [-0.25, -0.2) is 13.1 Å². The minimum atomic E-state index is -3.65. The van der Waals surface area contributed by atoms with Crippen molar-refractivity contribution in [1.82, 2.24) is 4.72 Å². The van der Waals surface area contributed by atoms with Crippen LogP contribution in [0.2, 0.25) is 0 Å². The van der Waals surface area contributed by atoms with Crippen LogP contribution in [0.5, 0.6) is 0 Å². The van der Waals surface area contributed by atoms with Crippen molar-refractivity contribution in [3.05, 3.63) is 63.7 Å². The molecule has 8 nitrogen and oxygen atoms in total. The van der Waals surface area contributed by atoms with E-state index in [4.69, 9.17) is 0 Å². The van der Waals surface area contributed by atoms with Gasteiger partial charge in [0, 0.05) is 17.7 Å². The van der Waals surface area contributed by atoms with E-state index in [0.29, 0.717) is 17.7 Å². The maximum Gasteiger partial charge on any atom is 0.274 e. The Morgan fingerprint density at radius 1 is 1.19 bits per heavy atom. The first-order valence-corrected chi connectivity index (χ1v) is 9.81. The van der Waals surface area contributed by atoms with Crippen LogP contribution in [-0.2, 0) is 10.0 Å². The Bertz CT molecular complexity index is 955. The Labute approximate surface area is 157 Å². The zero-order valence-electron chi connectivity index (χ0n) is 15.2. The number of rotatable bonds is 7. The summed E-state index contributed by atoms with van der Waals surface area (Å²) < 4.78 is 27.0. The standard InChI is InChI=1S/C18H21N3O5S/c1-4-12(2)20-27(25,26)15-10-8-14(9-11-15)18(22)19-16-6-5-7-17(13(16)3)21(23)24/h5-12,20H,4H2,1-3H3,(H,19,22)/t12-/m1/s1. The molecule has 1 amide bonds. The lowest BCUT2D eigenvalue weighted by Crippen LogP contribution is -2.32. The Hall–Kier alpha value is -2.78. The molecule has 0 spiro atoms. The quantitative estimate of drug-likeness (QED) is 0.555. The highest BCUT2D eigenvalue weighted by atomic mass is 32.2. The predicted octanol–water partition coefficient (Wildman–Crippen LogP) is 3.23. The Balaban J connectivity index is 2.20. The number of nitrogens with one attached hydrogen (secondary N) is 2. The van der Waals surface area contributed by atoms with Gasteiger partial charge < -0.3 is 5.32 Å². The van der Waals surface area contributed by atoms with Crippen LogP contribution in [0.15, 0.2) is 47.4 Å². The van der Waals surface area contributed by atoms with Crippen LogP contribution in [-0.4, -0.2) is 25.3 Å². The second-order valence-electron chi connectivity index (χ2n) is 6.12. The molecule has 0 unspecified atom stereocenters. The van der Waals surface area contributed by atoms with Gasteiger partial charge in [-0.3, -0.25) is 14.9 Å². The summed E-state index contributed by atoms with van der Waals surface area (Å²) in [5.41, 5.74) is 0.811. The molecular formula is C18H21N3O5S. The molecule has 0 radical (unpaired) electrons. The number of carbonyl (C=O) groups excluding carboxylic acids is 1. The number of hydrogen-bond acceptors (Lipinski definition) is 5. The van der Waals surface area contributed by atoms with E-state index in [1.54, 1.807) is 19.9 Å². The minimum Gasteiger partial charge on any atom is -0.321 e. The van der Waals surface area contributed by atoms with Gasteiger partial charge in [0.25, 0.3) is 11.6 Å². The maximum atomic E-state index is 12.4. The molecule has 0 heterocycles. The van der Waals surface area contributed by atoms with Gasteiger partial charge in [0.05, 0.1) is 21.1 Å². The van der Waals surface area contributed by atoms with Gasteiger partial charge in [-0.05, 0) is 50.6 Å². The van der Waals surface area contributed by atoms with Crippen molar-refractivity contribution in [1.29, 1.82) is 0 Å². The van der Waals surface area contributed by atoms with Crippen molar-refractivity contribution in [3.8, 4) is 0 Å². The second-order valence-corrected chi connectivity index (χ2v) is 7.83. The van der Waals surface area contributed by atoms with Crippen LogP contribution in [0.1, 0.15) is 36.2 Å². The average Bonchev–Trinajstić information content (AvgIpc) is 2.62. The van der Waals surface area contributed by atoms with Crippen molar-refractivity contribution in [2.75, 3.05) is 5.32 Å². The minimum absolute atomic E-state index is 0.0610. The number of nitro groups is 1. The van der Waals surface area contributed by atoms with Crippen LogP contribution in [0, 0.1) is 17.0 Å². The first-order chi connectivity index (χ1) is 12.7. The summed E-state index contributed by atoms with van der Waals surface area (Å²) in [4.78, 5) is 22.9. The fourth-order valence-corrected chi connectivity index (χ4v) is 3.68. The molecule has 27 heavy (non-hydrogen) atoms. The molecule has 0 saturated carbocycles.